The normalized spacial score (nSPS) is 17.0. The highest BCUT2D eigenvalue weighted by Crippen LogP contribution is 2.24. The first-order chi connectivity index (χ1) is 10.0. The fourth-order valence-corrected chi connectivity index (χ4v) is 4.46. The van der Waals surface area contributed by atoms with Gasteiger partial charge in [0.05, 0.1) is 12.3 Å². The molecule has 0 radical (unpaired) electrons. The van der Waals surface area contributed by atoms with Crippen LogP contribution in [0.5, 0.6) is 0 Å². The minimum absolute atomic E-state index is 0.341. The molecule has 0 amide bonds. The maximum atomic E-state index is 12.3. The van der Waals surface area contributed by atoms with Crippen LogP contribution in [-0.2, 0) is 16.6 Å². The Hall–Kier alpha value is -1.15. The smallest absolute Gasteiger partial charge is 0.250 e. The molecule has 1 aliphatic carbocycles. The number of hydrogen-bond donors (Lipinski definition) is 2. The summed E-state index contributed by atoms with van der Waals surface area (Å²) in [6.07, 6.45) is 3.97. The molecule has 7 heteroatoms. The molecule has 2 heterocycles. The summed E-state index contributed by atoms with van der Waals surface area (Å²) in [5.74, 6) is 0.603. The van der Waals surface area contributed by atoms with Crippen molar-refractivity contribution in [3.05, 3.63) is 41.2 Å². The van der Waals surface area contributed by atoms with E-state index in [0.29, 0.717) is 16.0 Å². The van der Waals surface area contributed by atoms with E-state index < -0.39 is 10.0 Å². The molecule has 3 rings (SSSR count). The van der Waals surface area contributed by atoms with E-state index in [-0.39, 0.29) is 6.04 Å². The first-order valence-electron chi connectivity index (χ1n) is 6.91. The lowest BCUT2D eigenvalue weighted by molar-refractivity contribution is 0.459. The number of thiophene rings is 1. The van der Waals surface area contributed by atoms with Gasteiger partial charge in [-0.05, 0) is 48.9 Å². The van der Waals surface area contributed by atoms with Crippen LogP contribution in [-0.4, -0.2) is 14.5 Å². The van der Waals surface area contributed by atoms with Crippen LogP contribution in [0.3, 0.4) is 0 Å². The highest BCUT2D eigenvalue weighted by atomic mass is 32.2. The summed E-state index contributed by atoms with van der Waals surface area (Å²) in [6.45, 7) is 2.49. The van der Waals surface area contributed by atoms with Crippen molar-refractivity contribution in [3.63, 3.8) is 0 Å². The molecule has 1 fully saturated rings. The Labute approximate surface area is 128 Å². The topological polar surface area (TPSA) is 71.3 Å². The number of nitrogens with one attached hydrogen (secondary N) is 2. The molecule has 21 heavy (non-hydrogen) atoms. The third-order valence-corrected chi connectivity index (χ3v) is 6.40. The van der Waals surface area contributed by atoms with Gasteiger partial charge in [0, 0.05) is 12.6 Å². The molecule has 5 nitrogen and oxygen atoms in total. The van der Waals surface area contributed by atoms with Crippen molar-refractivity contribution in [3.8, 4) is 0 Å². The summed E-state index contributed by atoms with van der Waals surface area (Å²) < 4.78 is 32.9. The Morgan fingerprint density at radius 2 is 2.29 bits per heavy atom. The lowest BCUT2D eigenvalue weighted by Gasteiger charge is -2.10. The predicted octanol–water partition coefficient (Wildman–Crippen LogP) is 2.63. The van der Waals surface area contributed by atoms with Crippen molar-refractivity contribution in [2.45, 2.75) is 42.6 Å². The van der Waals surface area contributed by atoms with Crippen molar-refractivity contribution >= 4 is 21.4 Å². The number of furan rings is 1. The Kier molecular flexibility index (Phi) is 4.17. The number of sulfonamides is 1. The van der Waals surface area contributed by atoms with Crippen LogP contribution >= 0.6 is 11.3 Å². The standard InChI is InChI=1S/C14H18N2O3S2/c1-10(13-3-2-6-19-13)16-21(17,18)14-7-11(9-20-14)8-15-12-4-5-12/h2-3,6-7,9-10,12,15-16H,4-5,8H2,1H3. The summed E-state index contributed by atoms with van der Waals surface area (Å²) in [7, 11) is -3.51. The lowest BCUT2D eigenvalue weighted by Crippen LogP contribution is -2.26. The summed E-state index contributed by atoms with van der Waals surface area (Å²) in [4.78, 5) is 0. The summed E-state index contributed by atoms with van der Waals surface area (Å²) >= 11 is 1.25. The van der Waals surface area contributed by atoms with E-state index in [1.807, 2.05) is 5.38 Å². The molecule has 0 spiro atoms. The molecule has 1 saturated carbocycles. The molecule has 0 aliphatic heterocycles. The zero-order valence-corrected chi connectivity index (χ0v) is 13.3. The van der Waals surface area contributed by atoms with Crippen molar-refractivity contribution < 1.29 is 12.8 Å². The van der Waals surface area contributed by atoms with Gasteiger partial charge in [-0.25, -0.2) is 13.1 Å². The van der Waals surface area contributed by atoms with E-state index in [0.717, 1.165) is 12.1 Å². The van der Waals surface area contributed by atoms with E-state index in [4.69, 9.17) is 4.42 Å². The van der Waals surface area contributed by atoms with Gasteiger partial charge in [-0.3, -0.25) is 0 Å². The van der Waals surface area contributed by atoms with E-state index in [9.17, 15) is 8.42 Å². The van der Waals surface area contributed by atoms with Crippen LogP contribution < -0.4 is 10.0 Å². The molecular formula is C14H18N2O3S2. The zero-order chi connectivity index (χ0) is 14.9. The van der Waals surface area contributed by atoms with Crippen LogP contribution in [0.2, 0.25) is 0 Å². The molecule has 0 aromatic carbocycles. The van der Waals surface area contributed by atoms with Gasteiger partial charge in [0.1, 0.15) is 9.97 Å². The molecule has 2 N–H and O–H groups in total. The van der Waals surface area contributed by atoms with Gasteiger partial charge in [-0.2, -0.15) is 0 Å². The van der Waals surface area contributed by atoms with Crippen molar-refractivity contribution in [1.29, 1.82) is 0 Å². The molecule has 1 unspecified atom stereocenters. The molecule has 0 bridgehead atoms. The molecule has 114 valence electrons. The van der Waals surface area contributed by atoms with Crippen LogP contribution in [0.1, 0.15) is 37.1 Å². The van der Waals surface area contributed by atoms with E-state index in [2.05, 4.69) is 10.0 Å². The highest BCUT2D eigenvalue weighted by Gasteiger charge is 2.23. The summed E-state index contributed by atoms with van der Waals surface area (Å²) in [5, 5.41) is 5.27. The number of rotatable bonds is 7. The fourth-order valence-electron chi connectivity index (χ4n) is 2.02. The Morgan fingerprint density at radius 3 is 2.95 bits per heavy atom. The van der Waals surface area contributed by atoms with Gasteiger partial charge in [0.15, 0.2) is 0 Å². The fraction of sp³-hybridized carbons (Fsp3) is 0.429. The second-order valence-corrected chi connectivity index (χ2v) is 8.14. The van der Waals surface area contributed by atoms with Gasteiger partial charge >= 0.3 is 0 Å². The Bertz CT molecular complexity index is 688. The van der Waals surface area contributed by atoms with Gasteiger partial charge in [0.2, 0.25) is 0 Å². The van der Waals surface area contributed by atoms with Crippen LogP contribution in [0.25, 0.3) is 0 Å². The third-order valence-electron chi connectivity index (χ3n) is 3.37. The van der Waals surface area contributed by atoms with E-state index >= 15 is 0 Å². The van der Waals surface area contributed by atoms with E-state index in [1.165, 1.54) is 30.4 Å². The van der Waals surface area contributed by atoms with Gasteiger partial charge in [-0.15, -0.1) is 11.3 Å². The highest BCUT2D eigenvalue weighted by molar-refractivity contribution is 7.91. The number of hydrogen-bond acceptors (Lipinski definition) is 5. The molecule has 0 saturated heterocycles. The second kappa shape index (κ2) is 5.92. The largest absolute Gasteiger partial charge is 0.468 e. The van der Waals surface area contributed by atoms with E-state index in [1.54, 1.807) is 25.1 Å². The lowest BCUT2D eigenvalue weighted by atomic mass is 10.3. The maximum Gasteiger partial charge on any atom is 0.250 e. The van der Waals surface area contributed by atoms with Crippen molar-refractivity contribution in [1.82, 2.24) is 10.0 Å². The minimum atomic E-state index is -3.51. The first-order valence-corrected chi connectivity index (χ1v) is 9.27. The second-order valence-electron chi connectivity index (χ2n) is 5.29. The SMILES string of the molecule is CC(NS(=O)(=O)c1cc(CNC2CC2)cs1)c1ccco1. The predicted molar refractivity (Wildman–Crippen MR) is 81.6 cm³/mol. The summed E-state index contributed by atoms with van der Waals surface area (Å²) in [5.41, 5.74) is 1.01. The monoisotopic (exact) mass is 326 g/mol. The first kappa shape index (κ1) is 14.8. The summed E-state index contributed by atoms with van der Waals surface area (Å²) in [6, 6.07) is 5.46. The van der Waals surface area contributed by atoms with Gasteiger partial charge < -0.3 is 9.73 Å². The average molecular weight is 326 g/mol. The zero-order valence-electron chi connectivity index (χ0n) is 11.7. The molecule has 1 atom stereocenters. The molecule has 2 aromatic rings. The van der Waals surface area contributed by atoms with Crippen LogP contribution in [0, 0.1) is 0 Å². The molecule has 2 aromatic heterocycles. The third kappa shape index (κ3) is 3.74. The van der Waals surface area contributed by atoms with Crippen LogP contribution in [0.4, 0.5) is 0 Å². The van der Waals surface area contributed by atoms with Crippen molar-refractivity contribution in [2.75, 3.05) is 0 Å². The average Bonchev–Trinajstić information content (AvgIpc) is 2.96. The van der Waals surface area contributed by atoms with Crippen molar-refractivity contribution in [2.24, 2.45) is 0 Å². The van der Waals surface area contributed by atoms with Gasteiger partial charge in [-0.1, -0.05) is 0 Å². The minimum Gasteiger partial charge on any atom is -0.468 e. The molecule has 1 aliphatic rings. The quantitative estimate of drug-likeness (QED) is 0.820. The molecular weight excluding hydrogens is 308 g/mol. The Balaban J connectivity index is 1.66. The maximum absolute atomic E-state index is 12.3. The Morgan fingerprint density at radius 1 is 1.48 bits per heavy atom. The van der Waals surface area contributed by atoms with Gasteiger partial charge in [0.25, 0.3) is 10.0 Å². The van der Waals surface area contributed by atoms with Crippen LogP contribution in [0.15, 0.2) is 38.5 Å².